The summed E-state index contributed by atoms with van der Waals surface area (Å²) in [5, 5.41) is 22.2. The van der Waals surface area contributed by atoms with Crippen molar-refractivity contribution in [2.45, 2.75) is 52.7 Å². The Labute approximate surface area is 222 Å². The van der Waals surface area contributed by atoms with Crippen LogP contribution < -0.4 is 9.64 Å². The number of ether oxygens (including phenoxy) is 1. The molecule has 7 nitrogen and oxygen atoms in total. The summed E-state index contributed by atoms with van der Waals surface area (Å²) in [5.74, 6) is 0.168. The van der Waals surface area contributed by atoms with Gasteiger partial charge in [0.05, 0.1) is 18.1 Å². The Morgan fingerprint density at radius 2 is 1.76 bits per heavy atom. The molecular weight excluding hydrogens is 476 g/mol. The number of rotatable bonds is 6. The van der Waals surface area contributed by atoms with Crippen LogP contribution in [0.5, 0.6) is 11.6 Å². The van der Waals surface area contributed by atoms with Crippen molar-refractivity contribution in [3.63, 3.8) is 0 Å². The van der Waals surface area contributed by atoms with E-state index in [1.165, 1.54) is 24.2 Å². The van der Waals surface area contributed by atoms with Crippen LogP contribution in [0.25, 0.3) is 21.7 Å². The number of nitrogens with one attached hydrogen (secondary N) is 1. The summed E-state index contributed by atoms with van der Waals surface area (Å²) < 4.78 is 7.71. The number of azo groups is 1. The van der Waals surface area contributed by atoms with Crippen molar-refractivity contribution in [3.8, 4) is 11.6 Å². The highest BCUT2D eigenvalue weighted by atomic mass is 16.5. The van der Waals surface area contributed by atoms with E-state index in [2.05, 4.69) is 31.0 Å². The van der Waals surface area contributed by atoms with Crippen molar-refractivity contribution in [1.82, 2.24) is 4.57 Å². The monoisotopic (exact) mass is 511 g/mol. The third kappa shape index (κ3) is 4.56. The smallest absolute Gasteiger partial charge is 0.302 e. The molecule has 2 bridgehead atoms. The van der Waals surface area contributed by atoms with Crippen molar-refractivity contribution in [2.75, 3.05) is 13.2 Å². The Hall–Kier alpha value is -3.71. The van der Waals surface area contributed by atoms with Gasteiger partial charge < -0.3 is 14.7 Å². The number of fused-ring (bicyclic) bond motifs is 4. The van der Waals surface area contributed by atoms with Gasteiger partial charge in [0.2, 0.25) is 5.88 Å². The molecule has 2 fully saturated rings. The normalized spacial score (nSPS) is 24.4. The van der Waals surface area contributed by atoms with Gasteiger partial charge in [0.15, 0.2) is 19.0 Å². The van der Waals surface area contributed by atoms with E-state index in [0.717, 1.165) is 28.2 Å². The standard InChI is InChI=1S/C31H34N4O3/c1-30(2)15-22-16-31(3,18-30)19-34(22)20-35-25-13-7-6-12-24(25)28(29(35)37)33-32-27(36)17-38-26-14-8-10-21-9-4-5-11-23(21)26/h4-14,22,37H,15-20H2,1-3H3/p+1/t22-,31-/m0/s1. The SMILES string of the molecule is CC1(C)C[C@H]2C[C@](C)(C[NH+]2Cn2c(O)c(N=NC(=O)COc3cccc4ccccc34)c3ccccc32)C1. The van der Waals surface area contributed by atoms with Crippen LogP contribution in [-0.2, 0) is 11.5 Å². The molecule has 1 amide bonds. The first-order chi connectivity index (χ1) is 18.2. The van der Waals surface area contributed by atoms with Gasteiger partial charge in [-0.05, 0) is 29.4 Å². The highest BCUT2D eigenvalue weighted by molar-refractivity contribution is 5.95. The van der Waals surface area contributed by atoms with Gasteiger partial charge in [0.25, 0.3) is 0 Å². The Kier molecular flexibility index (Phi) is 5.99. The number of para-hydroxylation sites is 1. The molecule has 2 heterocycles. The van der Waals surface area contributed by atoms with Gasteiger partial charge in [-0.1, -0.05) is 75.4 Å². The van der Waals surface area contributed by atoms with E-state index in [1.54, 1.807) is 0 Å². The minimum atomic E-state index is -0.511. The molecule has 3 aromatic carbocycles. The lowest BCUT2D eigenvalue weighted by Crippen LogP contribution is -3.13. The Morgan fingerprint density at radius 3 is 2.61 bits per heavy atom. The molecule has 3 atom stereocenters. The first-order valence-electron chi connectivity index (χ1n) is 13.4. The molecule has 196 valence electrons. The number of carbonyl (C=O) groups excluding carboxylic acids is 1. The van der Waals surface area contributed by atoms with E-state index < -0.39 is 5.91 Å². The van der Waals surface area contributed by atoms with E-state index in [1.807, 2.05) is 71.3 Å². The van der Waals surface area contributed by atoms with E-state index >= 15 is 0 Å². The Morgan fingerprint density at radius 1 is 1.03 bits per heavy atom. The highest BCUT2D eigenvalue weighted by Crippen LogP contribution is 2.47. The zero-order valence-corrected chi connectivity index (χ0v) is 22.3. The maximum Gasteiger partial charge on any atom is 0.302 e. The second-order valence-electron chi connectivity index (χ2n) is 12.2. The summed E-state index contributed by atoms with van der Waals surface area (Å²) in [4.78, 5) is 14.1. The van der Waals surface area contributed by atoms with Gasteiger partial charge in [-0.15, -0.1) is 10.2 Å². The van der Waals surface area contributed by atoms with Crippen molar-refractivity contribution >= 4 is 33.3 Å². The van der Waals surface area contributed by atoms with E-state index in [0.29, 0.717) is 35.0 Å². The first-order valence-corrected chi connectivity index (χ1v) is 13.4. The van der Waals surface area contributed by atoms with Crippen molar-refractivity contribution in [2.24, 2.45) is 21.1 Å². The third-order valence-electron chi connectivity index (χ3n) is 8.32. The molecule has 1 saturated heterocycles. The number of carbonyl (C=O) groups is 1. The van der Waals surface area contributed by atoms with Crippen LogP contribution in [0.1, 0.15) is 40.0 Å². The number of quaternary nitrogens is 1. The van der Waals surface area contributed by atoms with Gasteiger partial charge in [0.1, 0.15) is 5.75 Å². The highest BCUT2D eigenvalue weighted by Gasteiger charge is 2.52. The number of hydrogen-bond donors (Lipinski definition) is 2. The van der Waals surface area contributed by atoms with Gasteiger partial charge >= 0.3 is 5.91 Å². The number of hydrogen-bond acceptors (Lipinski definition) is 4. The number of likely N-dealkylation sites (tertiary alicyclic amines) is 1. The molecule has 2 aliphatic rings. The van der Waals surface area contributed by atoms with Crippen LogP contribution in [0.2, 0.25) is 0 Å². The molecule has 6 rings (SSSR count). The fraction of sp³-hybridized carbons (Fsp3) is 0.387. The lowest BCUT2D eigenvalue weighted by atomic mass is 9.65. The van der Waals surface area contributed by atoms with E-state index in [-0.39, 0.29) is 12.5 Å². The molecule has 2 N–H and O–H groups in total. The fourth-order valence-corrected chi connectivity index (χ4v) is 7.26. The van der Waals surface area contributed by atoms with Crippen LogP contribution in [0.15, 0.2) is 77.0 Å². The van der Waals surface area contributed by atoms with Crippen LogP contribution in [0.3, 0.4) is 0 Å². The lowest BCUT2D eigenvalue weighted by molar-refractivity contribution is -0.936. The molecule has 1 unspecified atom stereocenters. The summed E-state index contributed by atoms with van der Waals surface area (Å²) in [7, 11) is 0. The van der Waals surface area contributed by atoms with Gasteiger partial charge in [-0.2, -0.15) is 0 Å². The van der Waals surface area contributed by atoms with Gasteiger partial charge in [0, 0.05) is 29.0 Å². The largest absolute Gasteiger partial charge is 0.493 e. The topological polar surface area (TPSA) is 80.6 Å². The second kappa shape index (κ2) is 9.24. The average molecular weight is 512 g/mol. The lowest BCUT2D eigenvalue weighted by Gasteiger charge is -2.37. The van der Waals surface area contributed by atoms with Gasteiger partial charge in [-0.3, -0.25) is 9.36 Å². The summed E-state index contributed by atoms with van der Waals surface area (Å²) in [6.45, 7) is 8.69. The number of nitrogens with zero attached hydrogens (tertiary/aromatic N) is 3. The average Bonchev–Trinajstić information content (AvgIpc) is 3.29. The summed E-state index contributed by atoms with van der Waals surface area (Å²) in [6.07, 6.45) is 3.65. The van der Waals surface area contributed by atoms with Crippen LogP contribution >= 0.6 is 0 Å². The minimum Gasteiger partial charge on any atom is -0.493 e. The van der Waals surface area contributed by atoms with Crippen molar-refractivity contribution in [1.29, 1.82) is 0 Å². The van der Waals surface area contributed by atoms with E-state index in [4.69, 9.17) is 4.74 Å². The first kappa shape index (κ1) is 24.6. The van der Waals surface area contributed by atoms with E-state index in [9.17, 15) is 9.90 Å². The Balaban J connectivity index is 1.22. The molecule has 0 spiro atoms. The predicted molar refractivity (Wildman–Crippen MR) is 148 cm³/mol. The van der Waals surface area contributed by atoms with Crippen LogP contribution in [0, 0.1) is 10.8 Å². The predicted octanol–water partition coefficient (Wildman–Crippen LogP) is 5.63. The number of benzene rings is 3. The Bertz CT molecular complexity index is 1550. The zero-order valence-electron chi connectivity index (χ0n) is 22.3. The number of amides is 1. The summed E-state index contributed by atoms with van der Waals surface area (Å²) >= 11 is 0. The van der Waals surface area contributed by atoms with Crippen molar-refractivity contribution in [3.05, 3.63) is 66.7 Å². The van der Waals surface area contributed by atoms with Crippen LogP contribution in [0.4, 0.5) is 5.69 Å². The van der Waals surface area contributed by atoms with Gasteiger partial charge in [-0.25, -0.2) is 0 Å². The molecule has 1 saturated carbocycles. The maximum atomic E-state index is 12.6. The molecular formula is C31H35N4O3+. The molecule has 1 aliphatic carbocycles. The second-order valence-corrected chi connectivity index (χ2v) is 12.2. The van der Waals surface area contributed by atoms with Crippen molar-refractivity contribution < 1.29 is 19.5 Å². The minimum absolute atomic E-state index is 0.0519. The molecule has 1 aromatic heterocycles. The fourth-order valence-electron chi connectivity index (χ4n) is 7.26. The number of aromatic hydroxyl groups is 1. The molecule has 0 radical (unpaired) electrons. The number of aromatic nitrogens is 1. The molecule has 38 heavy (non-hydrogen) atoms. The summed E-state index contributed by atoms with van der Waals surface area (Å²) in [5.41, 5.74) is 1.90. The molecule has 7 heteroatoms. The third-order valence-corrected chi connectivity index (χ3v) is 8.32. The van der Waals surface area contributed by atoms with Crippen LogP contribution in [-0.4, -0.2) is 34.8 Å². The molecule has 1 aliphatic heterocycles. The molecule has 4 aromatic rings. The summed E-state index contributed by atoms with van der Waals surface area (Å²) in [6, 6.07) is 22.0. The quantitative estimate of drug-likeness (QED) is 0.329. The zero-order chi connectivity index (χ0) is 26.5. The maximum absolute atomic E-state index is 12.6.